The van der Waals surface area contributed by atoms with Crippen molar-refractivity contribution < 1.29 is 4.79 Å². The first-order valence-electron chi connectivity index (χ1n) is 6.56. The Balaban J connectivity index is 2.90. The number of rotatable bonds is 5. The van der Waals surface area contributed by atoms with Crippen LogP contribution in [-0.4, -0.2) is 11.4 Å². The molecule has 0 aliphatic carbocycles. The summed E-state index contributed by atoms with van der Waals surface area (Å²) in [6.45, 7) is 8.37. The summed E-state index contributed by atoms with van der Waals surface area (Å²) < 4.78 is 1.03. The van der Waals surface area contributed by atoms with Crippen LogP contribution in [0.15, 0.2) is 22.7 Å². The molecule has 0 aromatic heterocycles. The maximum absolute atomic E-state index is 12.3. The standard InChI is InChI=1S/C15H22BrNO/c1-5-15(6-2,7-3)17-14(18)12-8-9-13(16)11(4)10-12/h8-10H,5-7H2,1-4H3,(H,17,18). The van der Waals surface area contributed by atoms with Crippen LogP contribution in [0.1, 0.15) is 56.0 Å². The number of carbonyl (C=O) groups is 1. The van der Waals surface area contributed by atoms with Gasteiger partial charge in [0.2, 0.25) is 0 Å². The number of aryl methyl sites for hydroxylation is 1. The van der Waals surface area contributed by atoms with E-state index in [2.05, 4.69) is 42.0 Å². The predicted octanol–water partition coefficient (Wildman–Crippen LogP) is 4.46. The normalized spacial score (nSPS) is 11.4. The number of hydrogen-bond acceptors (Lipinski definition) is 1. The topological polar surface area (TPSA) is 29.1 Å². The van der Waals surface area contributed by atoms with Crippen LogP contribution in [0.5, 0.6) is 0 Å². The Morgan fingerprint density at radius 3 is 2.22 bits per heavy atom. The van der Waals surface area contributed by atoms with E-state index in [1.165, 1.54) is 0 Å². The summed E-state index contributed by atoms with van der Waals surface area (Å²) in [6.07, 6.45) is 2.88. The summed E-state index contributed by atoms with van der Waals surface area (Å²) >= 11 is 3.45. The van der Waals surface area contributed by atoms with Crippen molar-refractivity contribution in [2.45, 2.75) is 52.5 Å². The number of hydrogen-bond donors (Lipinski definition) is 1. The Hall–Kier alpha value is -0.830. The van der Waals surface area contributed by atoms with Gasteiger partial charge in [-0.3, -0.25) is 4.79 Å². The van der Waals surface area contributed by atoms with Crippen molar-refractivity contribution >= 4 is 21.8 Å². The largest absolute Gasteiger partial charge is 0.347 e. The quantitative estimate of drug-likeness (QED) is 0.854. The third-order valence-corrected chi connectivity index (χ3v) is 4.72. The molecule has 1 rings (SSSR count). The van der Waals surface area contributed by atoms with E-state index in [1.807, 2.05) is 25.1 Å². The molecule has 1 amide bonds. The minimum Gasteiger partial charge on any atom is -0.347 e. The van der Waals surface area contributed by atoms with Crippen molar-refractivity contribution in [3.8, 4) is 0 Å². The predicted molar refractivity (Wildman–Crippen MR) is 79.9 cm³/mol. The van der Waals surface area contributed by atoms with Crippen molar-refractivity contribution in [1.29, 1.82) is 0 Å². The Labute approximate surface area is 118 Å². The van der Waals surface area contributed by atoms with Crippen LogP contribution in [-0.2, 0) is 0 Å². The van der Waals surface area contributed by atoms with Crippen molar-refractivity contribution in [3.05, 3.63) is 33.8 Å². The van der Waals surface area contributed by atoms with E-state index < -0.39 is 0 Å². The zero-order chi connectivity index (χ0) is 13.8. The van der Waals surface area contributed by atoms with Gasteiger partial charge in [-0.1, -0.05) is 36.7 Å². The molecule has 0 radical (unpaired) electrons. The van der Waals surface area contributed by atoms with Gasteiger partial charge in [-0.05, 0) is 49.9 Å². The molecule has 0 unspecified atom stereocenters. The molecule has 0 bridgehead atoms. The highest BCUT2D eigenvalue weighted by Gasteiger charge is 2.26. The van der Waals surface area contributed by atoms with Gasteiger partial charge >= 0.3 is 0 Å². The fourth-order valence-corrected chi connectivity index (χ4v) is 2.36. The summed E-state index contributed by atoms with van der Waals surface area (Å²) in [5.41, 5.74) is 1.74. The molecule has 1 N–H and O–H groups in total. The Morgan fingerprint density at radius 2 is 1.78 bits per heavy atom. The average molecular weight is 312 g/mol. The van der Waals surface area contributed by atoms with Gasteiger partial charge in [0.1, 0.15) is 0 Å². The van der Waals surface area contributed by atoms with Gasteiger partial charge in [-0.25, -0.2) is 0 Å². The summed E-state index contributed by atoms with van der Waals surface area (Å²) in [5.74, 6) is 0.0242. The van der Waals surface area contributed by atoms with Gasteiger partial charge in [0, 0.05) is 15.6 Å². The van der Waals surface area contributed by atoms with Crippen LogP contribution < -0.4 is 5.32 Å². The maximum atomic E-state index is 12.3. The number of amides is 1. The molecule has 0 aliphatic heterocycles. The molecule has 0 heterocycles. The van der Waals surface area contributed by atoms with E-state index in [9.17, 15) is 4.79 Å². The molecule has 18 heavy (non-hydrogen) atoms. The molecular formula is C15H22BrNO. The van der Waals surface area contributed by atoms with Crippen LogP contribution in [0.4, 0.5) is 0 Å². The number of carbonyl (C=O) groups excluding carboxylic acids is 1. The maximum Gasteiger partial charge on any atom is 0.251 e. The monoisotopic (exact) mass is 311 g/mol. The lowest BCUT2D eigenvalue weighted by Gasteiger charge is -2.31. The third-order valence-electron chi connectivity index (χ3n) is 3.83. The Kier molecular flexibility index (Phi) is 5.39. The first-order valence-corrected chi connectivity index (χ1v) is 7.36. The summed E-state index contributed by atoms with van der Waals surface area (Å²) in [4.78, 5) is 12.3. The van der Waals surface area contributed by atoms with E-state index in [1.54, 1.807) is 0 Å². The lowest BCUT2D eigenvalue weighted by molar-refractivity contribution is 0.0888. The second-order valence-corrected chi connectivity index (χ2v) is 5.61. The van der Waals surface area contributed by atoms with Crippen LogP contribution in [0.2, 0.25) is 0 Å². The Morgan fingerprint density at radius 1 is 1.22 bits per heavy atom. The van der Waals surface area contributed by atoms with Crippen LogP contribution in [0.3, 0.4) is 0 Å². The molecule has 0 saturated carbocycles. The highest BCUT2D eigenvalue weighted by molar-refractivity contribution is 9.10. The zero-order valence-electron chi connectivity index (χ0n) is 11.6. The molecular weight excluding hydrogens is 290 g/mol. The summed E-state index contributed by atoms with van der Waals surface area (Å²) in [7, 11) is 0. The van der Waals surface area contributed by atoms with Crippen LogP contribution in [0, 0.1) is 6.92 Å². The van der Waals surface area contributed by atoms with Crippen molar-refractivity contribution in [2.75, 3.05) is 0 Å². The molecule has 0 saturated heterocycles. The van der Waals surface area contributed by atoms with Gasteiger partial charge in [-0.15, -0.1) is 0 Å². The van der Waals surface area contributed by atoms with Crippen LogP contribution in [0.25, 0.3) is 0 Å². The zero-order valence-corrected chi connectivity index (χ0v) is 13.2. The fourth-order valence-electron chi connectivity index (χ4n) is 2.11. The molecule has 0 fully saturated rings. The minimum absolute atomic E-state index is 0.0242. The average Bonchev–Trinajstić information content (AvgIpc) is 2.39. The van der Waals surface area contributed by atoms with Gasteiger partial charge in [0.15, 0.2) is 0 Å². The second-order valence-electron chi connectivity index (χ2n) is 4.76. The summed E-state index contributed by atoms with van der Waals surface area (Å²) in [6, 6.07) is 5.71. The third kappa shape index (κ3) is 3.35. The van der Waals surface area contributed by atoms with E-state index in [0.717, 1.165) is 34.9 Å². The first kappa shape index (κ1) is 15.2. The van der Waals surface area contributed by atoms with Crippen molar-refractivity contribution in [2.24, 2.45) is 0 Å². The first-order chi connectivity index (χ1) is 8.48. The van der Waals surface area contributed by atoms with Crippen molar-refractivity contribution in [3.63, 3.8) is 0 Å². The van der Waals surface area contributed by atoms with Crippen LogP contribution >= 0.6 is 15.9 Å². The summed E-state index contributed by atoms with van der Waals surface area (Å²) in [5, 5.41) is 3.19. The SMILES string of the molecule is CCC(CC)(CC)NC(=O)c1ccc(Br)c(C)c1. The van der Waals surface area contributed by atoms with E-state index in [4.69, 9.17) is 0 Å². The van der Waals surface area contributed by atoms with Gasteiger partial charge in [0.25, 0.3) is 5.91 Å². The smallest absolute Gasteiger partial charge is 0.251 e. The molecule has 0 atom stereocenters. The second kappa shape index (κ2) is 6.37. The van der Waals surface area contributed by atoms with Crippen molar-refractivity contribution in [1.82, 2.24) is 5.32 Å². The van der Waals surface area contributed by atoms with E-state index in [-0.39, 0.29) is 11.4 Å². The highest BCUT2D eigenvalue weighted by atomic mass is 79.9. The molecule has 0 spiro atoms. The fraction of sp³-hybridized carbons (Fsp3) is 0.533. The number of nitrogens with one attached hydrogen (secondary N) is 1. The number of benzene rings is 1. The Bertz CT molecular complexity index is 416. The van der Waals surface area contributed by atoms with E-state index in [0.29, 0.717) is 0 Å². The van der Waals surface area contributed by atoms with Gasteiger partial charge in [-0.2, -0.15) is 0 Å². The van der Waals surface area contributed by atoms with E-state index >= 15 is 0 Å². The molecule has 100 valence electrons. The molecule has 1 aromatic rings. The molecule has 1 aromatic carbocycles. The number of halogens is 1. The minimum atomic E-state index is -0.0714. The van der Waals surface area contributed by atoms with Gasteiger partial charge in [0.05, 0.1) is 0 Å². The molecule has 3 heteroatoms. The molecule has 2 nitrogen and oxygen atoms in total. The molecule has 0 aliphatic rings. The lowest BCUT2D eigenvalue weighted by Crippen LogP contribution is -2.47. The van der Waals surface area contributed by atoms with Gasteiger partial charge < -0.3 is 5.32 Å². The highest BCUT2D eigenvalue weighted by Crippen LogP contribution is 2.21. The lowest BCUT2D eigenvalue weighted by atomic mass is 9.89.